The molecular weight excluding hydrogens is 406 g/mol. The summed E-state index contributed by atoms with van der Waals surface area (Å²) in [5, 5.41) is 2.46. The van der Waals surface area contributed by atoms with Crippen LogP contribution in [0.15, 0.2) is 52.3 Å². The zero-order valence-corrected chi connectivity index (χ0v) is 16.8. The van der Waals surface area contributed by atoms with Crippen molar-refractivity contribution in [1.29, 1.82) is 0 Å². The zero-order chi connectivity index (χ0) is 20.3. The third-order valence-electron chi connectivity index (χ3n) is 4.70. The normalized spacial score (nSPS) is 16.1. The molecule has 0 unspecified atom stereocenters. The molecule has 1 aliphatic heterocycles. The molecular formula is C19H20F2N2O3S2. The number of carbonyl (C=O) groups excluding carboxylic acids is 1. The van der Waals surface area contributed by atoms with E-state index in [1.807, 2.05) is 6.26 Å². The second-order valence-corrected chi connectivity index (χ2v) is 9.20. The number of piperidine rings is 1. The highest BCUT2D eigenvalue weighted by atomic mass is 32.2. The molecule has 1 heterocycles. The van der Waals surface area contributed by atoms with E-state index in [2.05, 4.69) is 5.32 Å². The quantitative estimate of drug-likeness (QED) is 0.740. The van der Waals surface area contributed by atoms with Gasteiger partial charge in [0.1, 0.15) is 11.6 Å². The molecule has 2 aromatic rings. The second kappa shape index (κ2) is 8.59. The molecule has 28 heavy (non-hydrogen) atoms. The summed E-state index contributed by atoms with van der Waals surface area (Å²) in [6, 6.07) is 9.75. The number of hydrogen-bond donors (Lipinski definition) is 1. The van der Waals surface area contributed by atoms with Crippen LogP contribution in [0.4, 0.5) is 14.5 Å². The first-order chi connectivity index (χ1) is 13.3. The Labute approximate surface area is 167 Å². The van der Waals surface area contributed by atoms with Gasteiger partial charge in [-0.1, -0.05) is 12.1 Å². The van der Waals surface area contributed by atoms with Crippen LogP contribution in [0, 0.1) is 17.6 Å². The summed E-state index contributed by atoms with van der Waals surface area (Å²) in [5.41, 5.74) is -0.0876. The smallest absolute Gasteiger partial charge is 0.244 e. The first-order valence-corrected chi connectivity index (χ1v) is 11.4. The molecule has 0 aromatic heterocycles. The SMILES string of the molecule is CSc1ccccc1S(=O)(=O)N1CCC(C(=O)Nc2ccc(F)cc2F)CC1. The molecule has 3 rings (SSSR count). The lowest BCUT2D eigenvalue weighted by Crippen LogP contribution is -2.41. The Morgan fingerprint density at radius 1 is 1.14 bits per heavy atom. The molecule has 0 atom stereocenters. The van der Waals surface area contributed by atoms with Gasteiger partial charge >= 0.3 is 0 Å². The van der Waals surface area contributed by atoms with Gasteiger partial charge in [0.05, 0.1) is 10.6 Å². The highest BCUT2D eigenvalue weighted by molar-refractivity contribution is 7.99. The molecule has 9 heteroatoms. The molecule has 150 valence electrons. The Morgan fingerprint density at radius 3 is 2.46 bits per heavy atom. The van der Waals surface area contributed by atoms with Crippen molar-refractivity contribution in [3.05, 3.63) is 54.1 Å². The van der Waals surface area contributed by atoms with Gasteiger partial charge in [-0.3, -0.25) is 4.79 Å². The summed E-state index contributed by atoms with van der Waals surface area (Å²) < 4.78 is 53.9. The molecule has 0 radical (unpaired) electrons. The number of amides is 1. The number of sulfonamides is 1. The summed E-state index contributed by atoms with van der Waals surface area (Å²) >= 11 is 1.36. The molecule has 2 aromatic carbocycles. The van der Waals surface area contributed by atoms with Gasteiger partial charge in [0.2, 0.25) is 15.9 Å². The topological polar surface area (TPSA) is 66.5 Å². The van der Waals surface area contributed by atoms with E-state index in [1.165, 1.54) is 22.1 Å². The molecule has 1 amide bonds. The standard InChI is InChI=1S/C19H20F2N2O3S2/c1-27-17-4-2-3-5-18(17)28(25,26)23-10-8-13(9-11-23)19(24)22-16-7-6-14(20)12-15(16)21/h2-7,12-13H,8-11H2,1H3,(H,22,24). The monoisotopic (exact) mass is 426 g/mol. The molecule has 0 aliphatic carbocycles. The maximum Gasteiger partial charge on any atom is 0.244 e. The van der Waals surface area contributed by atoms with Crippen LogP contribution in [0.3, 0.4) is 0 Å². The van der Waals surface area contributed by atoms with Gasteiger partial charge < -0.3 is 5.32 Å². The summed E-state index contributed by atoms with van der Waals surface area (Å²) in [4.78, 5) is 13.3. The van der Waals surface area contributed by atoms with Crippen molar-refractivity contribution in [3.63, 3.8) is 0 Å². The van der Waals surface area contributed by atoms with Crippen LogP contribution in [0.25, 0.3) is 0 Å². The van der Waals surface area contributed by atoms with E-state index < -0.39 is 33.5 Å². The van der Waals surface area contributed by atoms with Gasteiger partial charge in [-0.2, -0.15) is 4.31 Å². The van der Waals surface area contributed by atoms with E-state index in [-0.39, 0.29) is 23.7 Å². The zero-order valence-electron chi connectivity index (χ0n) is 15.2. The molecule has 0 bridgehead atoms. The molecule has 0 spiro atoms. The number of carbonyl (C=O) groups is 1. The fourth-order valence-corrected chi connectivity index (χ4v) is 5.75. The summed E-state index contributed by atoms with van der Waals surface area (Å²) in [6.45, 7) is 0.407. The van der Waals surface area contributed by atoms with Crippen molar-refractivity contribution in [2.45, 2.75) is 22.6 Å². The fourth-order valence-electron chi connectivity index (χ4n) is 3.15. The van der Waals surface area contributed by atoms with Crippen molar-refractivity contribution in [1.82, 2.24) is 4.31 Å². The van der Waals surface area contributed by atoms with Gasteiger partial charge in [0.25, 0.3) is 0 Å². The molecule has 1 aliphatic rings. The third-order valence-corrected chi connectivity index (χ3v) is 7.58. The predicted octanol–water partition coefficient (Wildman–Crippen LogP) is 3.73. The first kappa shape index (κ1) is 20.8. The molecule has 1 N–H and O–H groups in total. The lowest BCUT2D eigenvalue weighted by atomic mass is 9.97. The number of anilines is 1. The largest absolute Gasteiger partial charge is 0.323 e. The van der Waals surface area contributed by atoms with Crippen molar-refractivity contribution in [2.75, 3.05) is 24.7 Å². The van der Waals surface area contributed by atoms with Gasteiger partial charge in [-0.15, -0.1) is 11.8 Å². The Balaban J connectivity index is 1.66. The van der Waals surface area contributed by atoms with Gasteiger partial charge in [-0.25, -0.2) is 17.2 Å². The number of nitrogens with one attached hydrogen (secondary N) is 1. The summed E-state index contributed by atoms with van der Waals surface area (Å²) in [7, 11) is -3.65. The Hall–Kier alpha value is -1.97. The fraction of sp³-hybridized carbons (Fsp3) is 0.316. The number of benzene rings is 2. The third kappa shape index (κ3) is 4.37. The minimum absolute atomic E-state index is 0.0876. The van der Waals surface area contributed by atoms with Crippen LogP contribution in [-0.2, 0) is 14.8 Å². The second-order valence-electron chi connectivity index (χ2n) is 6.44. The first-order valence-electron chi connectivity index (χ1n) is 8.72. The highest BCUT2D eigenvalue weighted by Crippen LogP contribution is 2.30. The minimum Gasteiger partial charge on any atom is -0.323 e. The van der Waals surface area contributed by atoms with Crippen LogP contribution in [-0.4, -0.2) is 38.0 Å². The number of halogens is 2. The predicted molar refractivity (Wildman–Crippen MR) is 105 cm³/mol. The Morgan fingerprint density at radius 2 is 1.82 bits per heavy atom. The highest BCUT2D eigenvalue weighted by Gasteiger charge is 2.33. The van der Waals surface area contributed by atoms with E-state index in [9.17, 15) is 22.0 Å². The minimum atomic E-state index is -3.65. The van der Waals surface area contributed by atoms with Gasteiger partial charge in [0, 0.05) is 30.0 Å². The van der Waals surface area contributed by atoms with Crippen LogP contribution >= 0.6 is 11.8 Å². The Bertz CT molecular complexity index is 975. The van der Waals surface area contributed by atoms with E-state index >= 15 is 0 Å². The molecule has 5 nitrogen and oxygen atoms in total. The summed E-state index contributed by atoms with van der Waals surface area (Å²) in [6.07, 6.45) is 2.48. The maximum atomic E-state index is 13.7. The van der Waals surface area contributed by atoms with Crippen molar-refractivity contribution >= 4 is 33.4 Å². The van der Waals surface area contributed by atoms with E-state index in [4.69, 9.17) is 0 Å². The average Bonchev–Trinajstić information content (AvgIpc) is 2.70. The lowest BCUT2D eigenvalue weighted by molar-refractivity contribution is -0.120. The number of hydrogen-bond acceptors (Lipinski definition) is 4. The maximum absolute atomic E-state index is 13.7. The number of nitrogens with zero attached hydrogens (tertiary/aromatic N) is 1. The Kier molecular flexibility index (Phi) is 6.36. The van der Waals surface area contributed by atoms with E-state index in [1.54, 1.807) is 24.3 Å². The van der Waals surface area contributed by atoms with Gasteiger partial charge in [0.15, 0.2) is 0 Å². The summed E-state index contributed by atoms with van der Waals surface area (Å²) in [5.74, 6) is -2.40. The molecule has 1 saturated heterocycles. The number of rotatable bonds is 5. The van der Waals surface area contributed by atoms with Crippen LogP contribution < -0.4 is 5.32 Å². The average molecular weight is 427 g/mol. The van der Waals surface area contributed by atoms with Crippen LogP contribution in [0.2, 0.25) is 0 Å². The van der Waals surface area contributed by atoms with Crippen LogP contribution in [0.5, 0.6) is 0 Å². The molecule has 0 saturated carbocycles. The van der Waals surface area contributed by atoms with Crippen LogP contribution in [0.1, 0.15) is 12.8 Å². The molecule has 1 fully saturated rings. The van der Waals surface area contributed by atoms with Crippen molar-refractivity contribution < 1.29 is 22.0 Å². The van der Waals surface area contributed by atoms with Gasteiger partial charge in [-0.05, 0) is 43.4 Å². The lowest BCUT2D eigenvalue weighted by Gasteiger charge is -2.31. The van der Waals surface area contributed by atoms with Crippen molar-refractivity contribution in [3.8, 4) is 0 Å². The van der Waals surface area contributed by atoms with E-state index in [0.717, 1.165) is 6.07 Å². The van der Waals surface area contributed by atoms with E-state index in [0.29, 0.717) is 23.8 Å². The van der Waals surface area contributed by atoms with Crippen molar-refractivity contribution in [2.24, 2.45) is 5.92 Å². The number of thioether (sulfide) groups is 1.